The van der Waals surface area contributed by atoms with Gasteiger partial charge < -0.3 is 10.3 Å². The number of fused-ring (bicyclic) bond motifs is 2. The lowest BCUT2D eigenvalue weighted by Gasteiger charge is -2.11. The smallest absolute Gasteiger partial charge is 0.138 e. The third-order valence-electron chi connectivity index (χ3n) is 6.99. The lowest BCUT2D eigenvalue weighted by Crippen LogP contribution is -1.98. The van der Waals surface area contributed by atoms with Crippen molar-refractivity contribution in [2.75, 3.05) is 5.32 Å². The summed E-state index contributed by atoms with van der Waals surface area (Å²) in [5.74, 6) is -0.264. The van der Waals surface area contributed by atoms with E-state index in [4.69, 9.17) is 0 Å². The minimum atomic E-state index is -0.264. The molecule has 0 aliphatic rings. The van der Waals surface area contributed by atoms with E-state index in [9.17, 15) is 4.39 Å². The minimum Gasteiger partial charge on any atom is -0.354 e. The second-order valence-corrected chi connectivity index (χ2v) is 9.58. The Morgan fingerprint density at radius 2 is 1.62 bits per heavy atom. The molecule has 0 aliphatic heterocycles. The number of halogens is 1. The van der Waals surface area contributed by atoms with E-state index in [1.807, 2.05) is 54.7 Å². The van der Waals surface area contributed by atoms with E-state index in [0.29, 0.717) is 0 Å². The fourth-order valence-corrected chi connectivity index (χ4v) is 4.99. The van der Waals surface area contributed by atoms with Crippen LogP contribution in [0.3, 0.4) is 0 Å². The molecule has 7 aromatic rings. The van der Waals surface area contributed by atoms with Gasteiger partial charge in [-0.1, -0.05) is 55.1 Å². The average Bonchev–Trinajstić information content (AvgIpc) is 3.62. The van der Waals surface area contributed by atoms with E-state index in [0.717, 1.165) is 72.5 Å². The fraction of sp³-hybridized carbons (Fsp3) is 0. The lowest BCUT2D eigenvalue weighted by atomic mass is 10.0. The van der Waals surface area contributed by atoms with E-state index >= 15 is 0 Å². The van der Waals surface area contributed by atoms with Crippen LogP contribution in [0.15, 0.2) is 116 Å². The maximum absolute atomic E-state index is 13.5. The molecular weight excluding hydrogens is 499 g/mol. The Morgan fingerprint density at radius 1 is 0.800 bits per heavy atom. The van der Waals surface area contributed by atoms with Gasteiger partial charge in [-0.05, 0) is 64.7 Å². The van der Waals surface area contributed by atoms with Crippen molar-refractivity contribution in [1.82, 2.24) is 25.1 Å². The number of nitrogens with one attached hydrogen (secondary N) is 3. The van der Waals surface area contributed by atoms with E-state index in [2.05, 4.69) is 55.2 Å². The minimum absolute atomic E-state index is 0.264. The second kappa shape index (κ2) is 9.63. The van der Waals surface area contributed by atoms with Crippen molar-refractivity contribution in [2.45, 2.75) is 0 Å². The second-order valence-electron chi connectivity index (χ2n) is 9.58. The van der Waals surface area contributed by atoms with Crippen LogP contribution in [0.5, 0.6) is 0 Å². The van der Waals surface area contributed by atoms with Gasteiger partial charge in [0.05, 0.1) is 23.1 Å². The zero-order valence-corrected chi connectivity index (χ0v) is 21.3. The highest BCUT2D eigenvalue weighted by atomic mass is 19.1. The van der Waals surface area contributed by atoms with E-state index < -0.39 is 0 Å². The molecule has 40 heavy (non-hydrogen) atoms. The topological polar surface area (TPSA) is 82.3 Å². The first kappa shape index (κ1) is 23.5. The average molecular weight is 523 g/mol. The lowest BCUT2D eigenvalue weighted by molar-refractivity contribution is 0.628. The number of anilines is 1. The molecular formula is C33H23FN6. The van der Waals surface area contributed by atoms with Crippen molar-refractivity contribution < 1.29 is 4.39 Å². The molecule has 0 amide bonds. The molecule has 3 aromatic carbocycles. The van der Waals surface area contributed by atoms with E-state index in [1.54, 1.807) is 24.5 Å². The standard InChI is InChI=1S/C33H23FN6/c1-20(21-5-3-2-4-6-21)37-26-15-24(18-35-19-26)23-9-12-30-29(16-23)32(40-39-30)31-17-28-27(13-14-36-33(28)38-31)22-7-10-25(34)11-8-22/h2-19,37H,1H2,(H,36,38)(H,39,40). The molecule has 192 valence electrons. The summed E-state index contributed by atoms with van der Waals surface area (Å²) in [6, 6.07) is 28.7. The summed E-state index contributed by atoms with van der Waals surface area (Å²) in [6.45, 7) is 4.17. The van der Waals surface area contributed by atoms with Gasteiger partial charge in [0.1, 0.15) is 17.2 Å². The largest absolute Gasteiger partial charge is 0.354 e. The third kappa shape index (κ3) is 4.29. The Labute approximate surface area is 229 Å². The summed E-state index contributed by atoms with van der Waals surface area (Å²) in [5, 5.41) is 13.1. The van der Waals surface area contributed by atoms with Crippen LogP contribution in [0.2, 0.25) is 0 Å². The van der Waals surface area contributed by atoms with Crippen LogP contribution in [0.4, 0.5) is 10.1 Å². The predicted molar refractivity (Wildman–Crippen MR) is 159 cm³/mol. The first-order chi connectivity index (χ1) is 19.6. The Hall–Kier alpha value is -5.56. The summed E-state index contributed by atoms with van der Waals surface area (Å²) in [5.41, 5.74) is 9.85. The number of nitrogens with zero attached hydrogens (tertiary/aromatic N) is 3. The predicted octanol–water partition coefficient (Wildman–Crippen LogP) is 8.06. The number of aromatic nitrogens is 5. The van der Waals surface area contributed by atoms with Gasteiger partial charge in [0, 0.05) is 34.4 Å². The van der Waals surface area contributed by atoms with E-state index in [1.165, 1.54) is 12.1 Å². The van der Waals surface area contributed by atoms with Gasteiger partial charge in [-0.2, -0.15) is 5.10 Å². The van der Waals surface area contributed by atoms with Crippen LogP contribution in [-0.2, 0) is 0 Å². The zero-order valence-electron chi connectivity index (χ0n) is 21.3. The number of H-pyrrole nitrogens is 2. The number of pyridine rings is 2. The summed E-state index contributed by atoms with van der Waals surface area (Å²) in [6.07, 6.45) is 5.39. The van der Waals surface area contributed by atoms with Crippen molar-refractivity contribution in [2.24, 2.45) is 0 Å². The van der Waals surface area contributed by atoms with Crippen LogP contribution >= 0.6 is 0 Å². The molecule has 7 rings (SSSR count). The fourth-order valence-electron chi connectivity index (χ4n) is 4.99. The van der Waals surface area contributed by atoms with Gasteiger partial charge in [-0.15, -0.1) is 0 Å². The number of benzene rings is 3. The Morgan fingerprint density at radius 3 is 2.48 bits per heavy atom. The molecule has 7 heteroatoms. The first-order valence-electron chi connectivity index (χ1n) is 12.8. The normalized spacial score (nSPS) is 11.2. The summed E-state index contributed by atoms with van der Waals surface area (Å²) in [4.78, 5) is 12.4. The quantitative estimate of drug-likeness (QED) is 0.206. The van der Waals surface area contributed by atoms with Gasteiger partial charge in [0.25, 0.3) is 0 Å². The van der Waals surface area contributed by atoms with Crippen LogP contribution < -0.4 is 5.32 Å². The number of aromatic amines is 2. The Bertz CT molecular complexity index is 2000. The molecule has 6 nitrogen and oxygen atoms in total. The van der Waals surface area contributed by atoms with Gasteiger partial charge >= 0.3 is 0 Å². The molecule has 3 N–H and O–H groups in total. The van der Waals surface area contributed by atoms with Gasteiger partial charge in [-0.25, -0.2) is 9.37 Å². The monoisotopic (exact) mass is 522 g/mol. The SMILES string of the molecule is C=C(Nc1cncc(-c2ccc3[nH]nc(-c4cc5c(-c6ccc(F)cc6)ccnc5[nH]4)c3c2)c1)c1ccccc1. The van der Waals surface area contributed by atoms with Gasteiger partial charge in [0.2, 0.25) is 0 Å². The highest BCUT2D eigenvalue weighted by molar-refractivity contribution is 6.00. The molecule has 0 atom stereocenters. The molecule has 0 bridgehead atoms. The van der Waals surface area contributed by atoms with Crippen LogP contribution in [0.1, 0.15) is 5.56 Å². The maximum Gasteiger partial charge on any atom is 0.138 e. The Balaban J connectivity index is 1.25. The van der Waals surface area contributed by atoms with Gasteiger partial charge in [0.15, 0.2) is 0 Å². The Kier molecular flexibility index (Phi) is 5.67. The summed E-state index contributed by atoms with van der Waals surface area (Å²) < 4.78 is 13.5. The molecule has 0 saturated heterocycles. The van der Waals surface area contributed by atoms with Crippen molar-refractivity contribution >= 4 is 33.3 Å². The number of hydrogen-bond acceptors (Lipinski definition) is 4. The molecule has 0 radical (unpaired) electrons. The van der Waals surface area contributed by atoms with Crippen molar-refractivity contribution in [3.8, 4) is 33.6 Å². The van der Waals surface area contributed by atoms with Crippen molar-refractivity contribution in [1.29, 1.82) is 0 Å². The molecule has 0 aliphatic carbocycles. The third-order valence-corrected chi connectivity index (χ3v) is 6.99. The van der Waals surface area contributed by atoms with Crippen molar-refractivity contribution in [3.63, 3.8) is 0 Å². The maximum atomic E-state index is 13.5. The molecule has 0 fully saturated rings. The number of rotatable bonds is 6. The van der Waals surface area contributed by atoms with Crippen LogP contribution in [-0.4, -0.2) is 25.1 Å². The molecule has 4 aromatic heterocycles. The molecule has 0 spiro atoms. The highest BCUT2D eigenvalue weighted by Gasteiger charge is 2.15. The van der Waals surface area contributed by atoms with Crippen LogP contribution in [0.25, 0.3) is 61.3 Å². The van der Waals surface area contributed by atoms with Gasteiger partial charge in [-0.3, -0.25) is 10.1 Å². The molecule has 4 heterocycles. The highest BCUT2D eigenvalue weighted by Crippen LogP contribution is 2.35. The molecule has 0 saturated carbocycles. The molecule has 0 unspecified atom stereocenters. The summed E-state index contributed by atoms with van der Waals surface area (Å²) >= 11 is 0. The summed E-state index contributed by atoms with van der Waals surface area (Å²) in [7, 11) is 0. The van der Waals surface area contributed by atoms with Crippen LogP contribution in [0, 0.1) is 5.82 Å². The van der Waals surface area contributed by atoms with E-state index in [-0.39, 0.29) is 5.82 Å². The van der Waals surface area contributed by atoms with Crippen molar-refractivity contribution in [3.05, 3.63) is 128 Å². The first-order valence-corrected chi connectivity index (χ1v) is 12.8. The zero-order chi connectivity index (χ0) is 27.1. The number of hydrogen-bond donors (Lipinski definition) is 3.